The van der Waals surface area contributed by atoms with Gasteiger partial charge in [0.2, 0.25) is 0 Å². The van der Waals surface area contributed by atoms with Gasteiger partial charge in [0, 0.05) is 12.3 Å². The van der Waals surface area contributed by atoms with Gasteiger partial charge in [0.15, 0.2) is 0 Å². The number of carbonyl (C=O) groups is 1. The zero-order valence-corrected chi connectivity index (χ0v) is 8.17. The number of rotatable bonds is 3. The van der Waals surface area contributed by atoms with E-state index in [-0.39, 0.29) is 24.6 Å². The molecule has 0 heterocycles. The molecule has 0 bridgehead atoms. The third-order valence-electron chi connectivity index (χ3n) is 2.30. The Morgan fingerprint density at radius 3 is 2.31 bits per heavy atom. The van der Waals surface area contributed by atoms with E-state index in [9.17, 15) is 13.2 Å². The minimum Gasteiger partial charge on any atom is -0.481 e. The highest BCUT2D eigenvalue weighted by Gasteiger charge is 2.51. The zero-order valence-electron chi connectivity index (χ0n) is 7.36. The van der Waals surface area contributed by atoms with E-state index in [0.717, 1.165) is 6.26 Å². The van der Waals surface area contributed by atoms with E-state index in [4.69, 9.17) is 10.8 Å². The third kappa shape index (κ3) is 2.19. The normalized spacial score (nSPS) is 33.8. The molecule has 0 atom stereocenters. The van der Waals surface area contributed by atoms with Gasteiger partial charge in [0.25, 0.3) is 0 Å². The molecule has 1 fully saturated rings. The summed E-state index contributed by atoms with van der Waals surface area (Å²) >= 11 is 0. The fourth-order valence-corrected chi connectivity index (χ4v) is 3.16. The van der Waals surface area contributed by atoms with E-state index in [1.54, 1.807) is 0 Å². The van der Waals surface area contributed by atoms with Crippen LogP contribution in [0.3, 0.4) is 0 Å². The molecule has 1 saturated carbocycles. The van der Waals surface area contributed by atoms with Crippen LogP contribution in [0.5, 0.6) is 0 Å². The summed E-state index contributed by atoms with van der Waals surface area (Å²) in [5.74, 6) is -1.36. The standard InChI is InChI=1S/C7H13NO4S/c1-13(11,12)4-7(6(9)10)2-5(8)3-7/h5H,2-4,8H2,1H3,(H,9,10). The van der Waals surface area contributed by atoms with Crippen molar-refractivity contribution >= 4 is 15.8 Å². The number of sulfone groups is 1. The van der Waals surface area contributed by atoms with E-state index < -0.39 is 21.2 Å². The van der Waals surface area contributed by atoms with Gasteiger partial charge in [-0.25, -0.2) is 8.42 Å². The summed E-state index contributed by atoms with van der Waals surface area (Å²) < 4.78 is 21.9. The first-order chi connectivity index (χ1) is 5.75. The number of nitrogens with two attached hydrogens (primary N) is 1. The van der Waals surface area contributed by atoms with Crippen molar-refractivity contribution in [1.29, 1.82) is 0 Å². The Kier molecular flexibility index (Phi) is 2.38. The van der Waals surface area contributed by atoms with Gasteiger partial charge >= 0.3 is 5.97 Å². The van der Waals surface area contributed by atoms with Crippen molar-refractivity contribution in [3.05, 3.63) is 0 Å². The lowest BCUT2D eigenvalue weighted by Gasteiger charge is -2.41. The number of carboxylic acids is 1. The highest BCUT2D eigenvalue weighted by molar-refractivity contribution is 7.90. The van der Waals surface area contributed by atoms with E-state index in [2.05, 4.69) is 0 Å². The fourth-order valence-electron chi connectivity index (χ4n) is 1.80. The molecule has 76 valence electrons. The molecule has 0 spiro atoms. The quantitative estimate of drug-likeness (QED) is 0.633. The predicted molar refractivity (Wildman–Crippen MR) is 47.0 cm³/mol. The van der Waals surface area contributed by atoms with E-state index in [1.165, 1.54) is 0 Å². The molecule has 1 aliphatic rings. The van der Waals surface area contributed by atoms with Crippen molar-refractivity contribution in [3.63, 3.8) is 0 Å². The van der Waals surface area contributed by atoms with Gasteiger partial charge in [-0.05, 0) is 12.8 Å². The molecule has 0 aromatic carbocycles. The first-order valence-electron chi connectivity index (χ1n) is 3.92. The minimum atomic E-state index is -3.25. The monoisotopic (exact) mass is 207 g/mol. The number of hydrogen-bond donors (Lipinski definition) is 2. The Hall–Kier alpha value is -0.620. The fraction of sp³-hybridized carbons (Fsp3) is 0.857. The smallest absolute Gasteiger partial charge is 0.310 e. The molecule has 5 nitrogen and oxygen atoms in total. The minimum absolute atomic E-state index is 0.169. The van der Waals surface area contributed by atoms with E-state index in [0.29, 0.717) is 0 Å². The van der Waals surface area contributed by atoms with E-state index in [1.807, 2.05) is 0 Å². The lowest BCUT2D eigenvalue weighted by Crippen LogP contribution is -2.54. The zero-order chi connectivity index (χ0) is 10.3. The van der Waals surface area contributed by atoms with Gasteiger partial charge in [0.05, 0.1) is 11.2 Å². The molecule has 0 aromatic heterocycles. The molecular formula is C7H13NO4S. The SMILES string of the molecule is CS(=O)(=O)CC1(C(=O)O)CC(N)C1. The Labute approximate surface area is 76.8 Å². The first-order valence-corrected chi connectivity index (χ1v) is 5.98. The number of hydrogen-bond acceptors (Lipinski definition) is 4. The van der Waals surface area contributed by atoms with Crippen molar-refractivity contribution in [2.45, 2.75) is 18.9 Å². The van der Waals surface area contributed by atoms with Crippen molar-refractivity contribution in [2.24, 2.45) is 11.1 Å². The summed E-state index contributed by atoms with van der Waals surface area (Å²) in [6, 6.07) is -0.169. The van der Waals surface area contributed by atoms with Gasteiger partial charge in [0.1, 0.15) is 9.84 Å². The number of aliphatic carboxylic acids is 1. The second-order valence-corrected chi connectivity index (χ2v) is 5.96. The molecule has 1 rings (SSSR count). The lowest BCUT2D eigenvalue weighted by molar-refractivity contribution is -0.153. The third-order valence-corrected chi connectivity index (χ3v) is 3.37. The largest absolute Gasteiger partial charge is 0.481 e. The molecule has 0 unspecified atom stereocenters. The van der Waals surface area contributed by atoms with Crippen LogP contribution in [0.15, 0.2) is 0 Å². The molecule has 0 saturated heterocycles. The molecule has 0 aliphatic heterocycles. The maximum atomic E-state index is 10.9. The summed E-state index contributed by atoms with van der Waals surface area (Å²) in [6.45, 7) is 0. The second kappa shape index (κ2) is 2.95. The maximum absolute atomic E-state index is 10.9. The van der Waals surface area contributed by atoms with Crippen molar-refractivity contribution in [2.75, 3.05) is 12.0 Å². The van der Waals surface area contributed by atoms with Crippen LogP contribution in [-0.2, 0) is 14.6 Å². The van der Waals surface area contributed by atoms with Gasteiger partial charge in [-0.1, -0.05) is 0 Å². The first kappa shape index (κ1) is 10.5. The van der Waals surface area contributed by atoms with Crippen LogP contribution in [0.2, 0.25) is 0 Å². The van der Waals surface area contributed by atoms with Crippen LogP contribution < -0.4 is 5.73 Å². The molecule has 1 aliphatic carbocycles. The maximum Gasteiger partial charge on any atom is 0.310 e. The van der Waals surface area contributed by atoms with Crippen molar-refractivity contribution in [3.8, 4) is 0 Å². The molecule has 3 N–H and O–H groups in total. The summed E-state index contributed by atoms with van der Waals surface area (Å²) in [5.41, 5.74) is 4.33. The van der Waals surface area contributed by atoms with Gasteiger partial charge in [-0.2, -0.15) is 0 Å². The van der Waals surface area contributed by atoms with Crippen molar-refractivity contribution < 1.29 is 18.3 Å². The lowest BCUT2D eigenvalue weighted by atomic mass is 9.67. The second-order valence-electron chi connectivity index (χ2n) is 3.82. The molecule has 6 heteroatoms. The highest BCUT2D eigenvalue weighted by atomic mass is 32.2. The molecule has 13 heavy (non-hydrogen) atoms. The molecule has 0 radical (unpaired) electrons. The summed E-state index contributed by atoms with van der Waals surface area (Å²) in [5, 5.41) is 8.84. The van der Waals surface area contributed by atoms with Crippen LogP contribution in [0.1, 0.15) is 12.8 Å². The van der Waals surface area contributed by atoms with Crippen LogP contribution >= 0.6 is 0 Å². The average Bonchev–Trinajstić information content (AvgIpc) is 1.79. The number of carboxylic acid groups (broad SMARTS) is 1. The Morgan fingerprint density at radius 1 is 1.62 bits per heavy atom. The van der Waals surface area contributed by atoms with Gasteiger partial charge in [-0.15, -0.1) is 0 Å². The summed E-state index contributed by atoms with van der Waals surface area (Å²) in [6.07, 6.45) is 1.56. The Bertz CT molecular complexity index is 315. The topological polar surface area (TPSA) is 97.5 Å². The van der Waals surface area contributed by atoms with Crippen LogP contribution in [0.25, 0.3) is 0 Å². The highest BCUT2D eigenvalue weighted by Crippen LogP contribution is 2.41. The van der Waals surface area contributed by atoms with Gasteiger partial charge < -0.3 is 10.8 Å². The Morgan fingerprint density at radius 2 is 2.08 bits per heavy atom. The Balaban J connectivity index is 2.78. The summed E-state index contributed by atoms with van der Waals surface area (Å²) in [4.78, 5) is 10.8. The average molecular weight is 207 g/mol. The van der Waals surface area contributed by atoms with Crippen LogP contribution in [-0.4, -0.2) is 37.5 Å². The molecule has 0 amide bonds. The molecular weight excluding hydrogens is 194 g/mol. The molecule has 0 aromatic rings. The van der Waals surface area contributed by atoms with E-state index >= 15 is 0 Å². The summed E-state index contributed by atoms with van der Waals surface area (Å²) in [7, 11) is -3.25. The predicted octanol–water partition coefficient (Wildman–Crippen LogP) is -0.777. The van der Waals surface area contributed by atoms with Crippen LogP contribution in [0.4, 0.5) is 0 Å². The van der Waals surface area contributed by atoms with Gasteiger partial charge in [-0.3, -0.25) is 4.79 Å². The van der Waals surface area contributed by atoms with Crippen molar-refractivity contribution in [1.82, 2.24) is 0 Å². The van der Waals surface area contributed by atoms with Crippen LogP contribution in [0, 0.1) is 5.41 Å².